The zero-order valence-electron chi connectivity index (χ0n) is 10.6. The van der Waals surface area contributed by atoms with Crippen LogP contribution in [0.4, 0.5) is 0 Å². The molecule has 2 aliphatic rings. The summed E-state index contributed by atoms with van der Waals surface area (Å²) < 4.78 is 11.6. The molecule has 0 amide bonds. The molecular weight excluding hydrogens is 220 g/mol. The van der Waals surface area contributed by atoms with Gasteiger partial charge in [-0.15, -0.1) is 0 Å². The summed E-state index contributed by atoms with van der Waals surface area (Å²) in [5.41, 5.74) is 0. The van der Waals surface area contributed by atoms with E-state index in [-0.39, 0.29) is 29.1 Å². The van der Waals surface area contributed by atoms with E-state index in [9.17, 15) is 4.79 Å². The third kappa shape index (κ3) is 2.01. The lowest BCUT2D eigenvalue weighted by molar-refractivity contribution is -0.115. The van der Waals surface area contributed by atoms with Gasteiger partial charge in [0.1, 0.15) is 12.2 Å². The second-order valence-electron chi connectivity index (χ2n) is 6.13. The maximum Gasteiger partial charge on any atom is 0.193 e. The summed E-state index contributed by atoms with van der Waals surface area (Å²) in [4.78, 5) is 11.3. The van der Waals surface area contributed by atoms with Gasteiger partial charge in [-0.2, -0.15) is 0 Å². The molecule has 1 aliphatic carbocycles. The van der Waals surface area contributed by atoms with E-state index in [1.807, 2.05) is 6.08 Å². The predicted molar refractivity (Wildman–Crippen MR) is 64.9 cm³/mol. The Hall–Kier alpha value is -0.453. The van der Waals surface area contributed by atoms with Crippen molar-refractivity contribution in [2.24, 2.45) is 0 Å². The van der Waals surface area contributed by atoms with E-state index in [0.717, 1.165) is 0 Å². The standard InChI is InChI=1S/C12H20O3Si/c1-12(2,3)16(4,5)15-9-7-6-8(13)10-11(9)14-10/h6-7,9-11H,1-5H3/t9-,10+,11-/m0/s1. The lowest BCUT2D eigenvalue weighted by atomic mass is 10.0. The van der Waals surface area contributed by atoms with Crippen LogP contribution in [0.1, 0.15) is 20.8 Å². The second-order valence-corrected chi connectivity index (χ2v) is 10.9. The number of epoxide rings is 1. The lowest BCUT2D eigenvalue weighted by Gasteiger charge is -2.38. The van der Waals surface area contributed by atoms with Gasteiger partial charge in [-0.05, 0) is 24.2 Å². The van der Waals surface area contributed by atoms with Crippen molar-refractivity contribution < 1.29 is 14.0 Å². The summed E-state index contributed by atoms with van der Waals surface area (Å²) in [5, 5.41) is 0.187. The van der Waals surface area contributed by atoms with Crippen molar-refractivity contribution in [3.05, 3.63) is 12.2 Å². The average Bonchev–Trinajstić information content (AvgIpc) is 2.87. The van der Waals surface area contributed by atoms with E-state index in [1.165, 1.54) is 0 Å². The largest absolute Gasteiger partial charge is 0.408 e. The first-order valence-electron chi connectivity index (χ1n) is 5.78. The third-order valence-electron chi connectivity index (χ3n) is 3.82. The molecule has 0 aromatic carbocycles. The molecule has 0 unspecified atom stereocenters. The SMILES string of the molecule is CC(C)(C)[Si](C)(C)O[C@H]1C=CC(=O)[C@H]2O[C@@H]12. The molecule has 1 saturated heterocycles. The highest BCUT2D eigenvalue weighted by Crippen LogP contribution is 2.41. The van der Waals surface area contributed by atoms with Crippen molar-refractivity contribution in [2.45, 2.75) is 57.2 Å². The van der Waals surface area contributed by atoms with Crippen LogP contribution in [0.2, 0.25) is 18.1 Å². The summed E-state index contributed by atoms with van der Waals surface area (Å²) in [7, 11) is -1.77. The van der Waals surface area contributed by atoms with E-state index < -0.39 is 8.32 Å². The molecule has 4 heteroatoms. The highest BCUT2D eigenvalue weighted by molar-refractivity contribution is 6.74. The van der Waals surface area contributed by atoms with Crippen LogP contribution in [-0.2, 0) is 14.0 Å². The summed E-state index contributed by atoms with van der Waals surface area (Å²) in [5.74, 6) is 0.0834. The average molecular weight is 240 g/mol. The van der Waals surface area contributed by atoms with Gasteiger partial charge in [-0.3, -0.25) is 4.79 Å². The number of carbonyl (C=O) groups is 1. The molecule has 0 aromatic heterocycles. The van der Waals surface area contributed by atoms with Crippen molar-refractivity contribution in [3.63, 3.8) is 0 Å². The zero-order chi connectivity index (χ0) is 12.1. The Labute approximate surface area is 97.9 Å². The minimum Gasteiger partial charge on any atom is -0.408 e. The molecule has 0 aromatic rings. The second kappa shape index (κ2) is 3.52. The number of carbonyl (C=O) groups excluding carboxylic acids is 1. The summed E-state index contributed by atoms with van der Waals surface area (Å²) in [6, 6.07) is 0. The number of rotatable bonds is 2. The topological polar surface area (TPSA) is 38.8 Å². The summed E-state index contributed by atoms with van der Waals surface area (Å²) >= 11 is 0. The molecule has 3 atom stereocenters. The predicted octanol–water partition coefficient (Wildman–Crippen LogP) is 2.28. The Balaban J connectivity index is 2.06. The van der Waals surface area contributed by atoms with Gasteiger partial charge < -0.3 is 9.16 Å². The van der Waals surface area contributed by atoms with Crippen LogP contribution in [0.5, 0.6) is 0 Å². The molecule has 90 valence electrons. The minimum absolute atomic E-state index is 0.0216. The van der Waals surface area contributed by atoms with Crippen LogP contribution < -0.4 is 0 Å². The zero-order valence-corrected chi connectivity index (χ0v) is 11.6. The third-order valence-corrected chi connectivity index (χ3v) is 8.29. The molecule has 16 heavy (non-hydrogen) atoms. The van der Waals surface area contributed by atoms with Gasteiger partial charge in [0.15, 0.2) is 14.1 Å². The van der Waals surface area contributed by atoms with Gasteiger partial charge in [0.25, 0.3) is 0 Å². The van der Waals surface area contributed by atoms with Gasteiger partial charge in [0.05, 0.1) is 6.10 Å². The van der Waals surface area contributed by atoms with Crippen molar-refractivity contribution in [1.29, 1.82) is 0 Å². The molecule has 0 radical (unpaired) electrons. The van der Waals surface area contributed by atoms with E-state index >= 15 is 0 Å². The molecule has 1 fully saturated rings. The molecule has 1 heterocycles. The smallest absolute Gasteiger partial charge is 0.193 e. The monoisotopic (exact) mass is 240 g/mol. The Morgan fingerprint density at radius 3 is 2.56 bits per heavy atom. The first-order chi connectivity index (χ1) is 7.22. The van der Waals surface area contributed by atoms with Crippen LogP contribution in [0.15, 0.2) is 12.2 Å². The molecule has 0 saturated carbocycles. The fourth-order valence-electron chi connectivity index (χ4n) is 1.62. The van der Waals surface area contributed by atoms with Crippen LogP contribution in [0.25, 0.3) is 0 Å². The fourth-order valence-corrected chi connectivity index (χ4v) is 2.87. The Morgan fingerprint density at radius 1 is 1.38 bits per heavy atom. The van der Waals surface area contributed by atoms with Gasteiger partial charge >= 0.3 is 0 Å². The highest BCUT2D eigenvalue weighted by Gasteiger charge is 2.53. The molecule has 0 spiro atoms. The lowest BCUT2D eigenvalue weighted by Crippen LogP contribution is -2.45. The van der Waals surface area contributed by atoms with Gasteiger partial charge in [-0.25, -0.2) is 0 Å². The number of ether oxygens (including phenoxy) is 1. The quantitative estimate of drug-likeness (QED) is 0.549. The fraction of sp³-hybridized carbons (Fsp3) is 0.750. The Bertz CT molecular complexity index is 341. The Kier molecular flexibility index (Phi) is 2.64. The summed E-state index contributed by atoms with van der Waals surface area (Å²) in [6.45, 7) is 11.1. The first-order valence-corrected chi connectivity index (χ1v) is 8.68. The van der Waals surface area contributed by atoms with Crippen molar-refractivity contribution >= 4 is 14.1 Å². The molecule has 1 aliphatic heterocycles. The number of fused-ring (bicyclic) bond motifs is 1. The maximum absolute atomic E-state index is 11.3. The Morgan fingerprint density at radius 2 is 2.00 bits per heavy atom. The number of hydrogen-bond donors (Lipinski definition) is 0. The van der Waals surface area contributed by atoms with E-state index in [1.54, 1.807) is 6.08 Å². The van der Waals surface area contributed by atoms with E-state index in [4.69, 9.17) is 9.16 Å². The van der Waals surface area contributed by atoms with Gasteiger partial charge in [0.2, 0.25) is 0 Å². The van der Waals surface area contributed by atoms with E-state index in [0.29, 0.717) is 0 Å². The van der Waals surface area contributed by atoms with Crippen LogP contribution in [0.3, 0.4) is 0 Å². The molecule has 0 N–H and O–H groups in total. The van der Waals surface area contributed by atoms with Crippen LogP contribution in [0, 0.1) is 0 Å². The van der Waals surface area contributed by atoms with Crippen molar-refractivity contribution in [1.82, 2.24) is 0 Å². The molecular formula is C12H20O3Si. The molecule has 2 rings (SSSR count). The normalized spacial score (nSPS) is 33.8. The van der Waals surface area contributed by atoms with Gasteiger partial charge in [-0.1, -0.05) is 26.8 Å². The number of ketones is 1. The van der Waals surface area contributed by atoms with Crippen molar-refractivity contribution in [2.75, 3.05) is 0 Å². The van der Waals surface area contributed by atoms with Crippen LogP contribution >= 0.6 is 0 Å². The number of hydrogen-bond acceptors (Lipinski definition) is 3. The maximum atomic E-state index is 11.3. The van der Waals surface area contributed by atoms with E-state index in [2.05, 4.69) is 33.9 Å². The highest BCUT2D eigenvalue weighted by atomic mass is 28.4. The van der Waals surface area contributed by atoms with Gasteiger partial charge in [0, 0.05) is 0 Å². The van der Waals surface area contributed by atoms with Crippen LogP contribution in [-0.4, -0.2) is 32.4 Å². The summed E-state index contributed by atoms with van der Waals surface area (Å²) in [6.07, 6.45) is 3.19. The minimum atomic E-state index is -1.77. The van der Waals surface area contributed by atoms with Crippen molar-refractivity contribution in [3.8, 4) is 0 Å². The molecule has 0 bridgehead atoms. The molecule has 3 nitrogen and oxygen atoms in total. The first kappa shape index (κ1) is 12.0.